The number of hydrogen-bond donors (Lipinski definition) is 0. The number of amides is 1. The lowest BCUT2D eigenvalue weighted by atomic mass is 10.1. The summed E-state index contributed by atoms with van der Waals surface area (Å²) in [7, 11) is -1.24. The number of hydrogen-bond acceptors (Lipinski definition) is 8. The van der Waals surface area contributed by atoms with Gasteiger partial charge in [0.25, 0.3) is 5.22 Å². The minimum absolute atomic E-state index is 0.0112. The summed E-state index contributed by atoms with van der Waals surface area (Å²) < 4.78 is 34.6. The quantitative estimate of drug-likeness (QED) is 0.435. The van der Waals surface area contributed by atoms with Crippen molar-refractivity contribution in [2.75, 3.05) is 24.3 Å². The highest BCUT2D eigenvalue weighted by Gasteiger charge is 2.29. The predicted octanol–water partition coefficient (Wildman–Crippen LogP) is 3.71. The van der Waals surface area contributed by atoms with Gasteiger partial charge in [0.05, 0.1) is 23.8 Å². The Balaban J connectivity index is 1.26. The zero-order chi connectivity index (χ0) is 22.7. The molecule has 32 heavy (non-hydrogen) atoms. The second kappa shape index (κ2) is 9.68. The molecule has 0 bridgehead atoms. The molecule has 0 N–H and O–H groups in total. The van der Waals surface area contributed by atoms with E-state index in [1.807, 2.05) is 24.3 Å². The molecule has 11 heteroatoms. The average molecular weight is 496 g/mol. The first-order valence-electron chi connectivity index (χ1n) is 10.0. The fourth-order valence-corrected chi connectivity index (χ4v) is 6.16. The van der Waals surface area contributed by atoms with Crippen LogP contribution in [0.5, 0.6) is 0 Å². The number of aromatic nitrogens is 2. The van der Waals surface area contributed by atoms with Crippen LogP contribution in [0.4, 0.5) is 0 Å². The van der Waals surface area contributed by atoms with E-state index in [9.17, 15) is 13.2 Å². The number of halogens is 1. The van der Waals surface area contributed by atoms with E-state index in [2.05, 4.69) is 10.2 Å². The molecule has 4 rings (SSSR count). The van der Waals surface area contributed by atoms with Crippen LogP contribution in [0.15, 0.2) is 50.5 Å². The molecule has 0 saturated carbocycles. The van der Waals surface area contributed by atoms with Crippen LogP contribution in [0.3, 0.4) is 0 Å². The van der Waals surface area contributed by atoms with Crippen molar-refractivity contribution in [2.45, 2.75) is 24.6 Å². The second-order valence-electron chi connectivity index (χ2n) is 7.75. The average Bonchev–Trinajstić information content (AvgIpc) is 3.47. The third-order valence-electron chi connectivity index (χ3n) is 5.17. The molecule has 170 valence electrons. The van der Waals surface area contributed by atoms with Gasteiger partial charge < -0.3 is 13.7 Å². The fourth-order valence-electron chi connectivity index (χ4n) is 3.45. The van der Waals surface area contributed by atoms with E-state index < -0.39 is 9.84 Å². The first kappa shape index (κ1) is 22.9. The SMILES string of the molecule is CN(Cc1ccc(-c2ccc(Cl)cc2)o1)C(=O)CSc1nnc(CC2CCS(=O)(=O)C2)o1. The molecular weight excluding hydrogens is 474 g/mol. The minimum Gasteiger partial charge on any atom is -0.459 e. The summed E-state index contributed by atoms with van der Waals surface area (Å²) in [6.07, 6.45) is 1.05. The van der Waals surface area contributed by atoms with Gasteiger partial charge >= 0.3 is 0 Å². The van der Waals surface area contributed by atoms with Gasteiger partial charge in [-0.15, -0.1) is 10.2 Å². The molecular formula is C21H22ClN3O5S2. The lowest BCUT2D eigenvalue weighted by molar-refractivity contribution is -0.127. The Morgan fingerprint density at radius 3 is 2.69 bits per heavy atom. The Labute approximate surface area is 195 Å². The number of thioether (sulfide) groups is 1. The van der Waals surface area contributed by atoms with Crippen molar-refractivity contribution in [2.24, 2.45) is 5.92 Å². The van der Waals surface area contributed by atoms with E-state index in [1.54, 1.807) is 24.1 Å². The van der Waals surface area contributed by atoms with E-state index in [0.29, 0.717) is 47.0 Å². The molecule has 3 aromatic rings. The summed E-state index contributed by atoms with van der Waals surface area (Å²) >= 11 is 7.07. The normalized spacial score (nSPS) is 17.5. The van der Waals surface area contributed by atoms with Crippen LogP contribution in [0.2, 0.25) is 5.02 Å². The largest absolute Gasteiger partial charge is 0.459 e. The molecule has 1 unspecified atom stereocenters. The Morgan fingerprint density at radius 1 is 1.19 bits per heavy atom. The van der Waals surface area contributed by atoms with Crippen LogP contribution in [-0.2, 0) is 27.6 Å². The van der Waals surface area contributed by atoms with Crippen molar-refractivity contribution in [1.29, 1.82) is 0 Å². The molecule has 1 aliphatic rings. The number of nitrogens with zero attached hydrogens (tertiary/aromatic N) is 3. The van der Waals surface area contributed by atoms with E-state index in [1.165, 1.54) is 0 Å². The number of furan rings is 1. The molecule has 0 radical (unpaired) electrons. The maximum absolute atomic E-state index is 12.5. The molecule has 0 aliphatic carbocycles. The van der Waals surface area contributed by atoms with Crippen molar-refractivity contribution in [3.05, 3.63) is 53.1 Å². The zero-order valence-corrected chi connectivity index (χ0v) is 19.8. The third kappa shape index (κ3) is 5.93. The highest BCUT2D eigenvalue weighted by atomic mass is 35.5. The Kier molecular flexibility index (Phi) is 6.92. The number of carbonyl (C=O) groups excluding carboxylic acids is 1. The van der Waals surface area contributed by atoms with Crippen molar-refractivity contribution in [1.82, 2.24) is 15.1 Å². The molecule has 1 saturated heterocycles. The van der Waals surface area contributed by atoms with Crippen molar-refractivity contribution in [3.63, 3.8) is 0 Å². The number of sulfone groups is 1. The standard InChI is InChI=1S/C21H22ClN3O5S2/c1-25(11-17-6-7-18(29-17)15-2-4-16(22)5-3-15)20(26)12-31-21-24-23-19(30-21)10-14-8-9-32(27,28)13-14/h2-7,14H,8-13H2,1H3. The van der Waals surface area contributed by atoms with Crippen LogP contribution in [0, 0.1) is 5.92 Å². The van der Waals surface area contributed by atoms with E-state index >= 15 is 0 Å². The van der Waals surface area contributed by atoms with Crippen LogP contribution in [0.25, 0.3) is 11.3 Å². The first-order chi connectivity index (χ1) is 15.3. The molecule has 1 atom stereocenters. The van der Waals surface area contributed by atoms with Gasteiger partial charge in [0.2, 0.25) is 11.8 Å². The molecule has 1 aliphatic heterocycles. The molecule has 0 spiro atoms. The van der Waals surface area contributed by atoms with Crippen molar-refractivity contribution in [3.8, 4) is 11.3 Å². The van der Waals surface area contributed by atoms with Gasteiger partial charge in [0, 0.05) is 24.1 Å². The lowest BCUT2D eigenvalue weighted by Crippen LogP contribution is -2.27. The third-order valence-corrected chi connectivity index (χ3v) is 8.06. The highest BCUT2D eigenvalue weighted by molar-refractivity contribution is 7.99. The van der Waals surface area contributed by atoms with Gasteiger partial charge in [-0.25, -0.2) is 8.42 Å². The van der Waals surface area contributed by atoms with E-state index in [-0.39, 0.29) is 29.1 Å². The molecule has 3 heterocycles. The zero-order valence-electron chi connectivity index (χ0n) is 17.4. The summed E-state index contributed by atoms with van der Waals surface area (Å²) in [5, 5.41) is 8.88. The van der Waals surface area contributed by atoms with E-state index in [0.717, 1.165) is 17.3 Å². The maximum Gasteiger partial charge on any atom is 0.277 e. The van der Waals surface area contributed by atoms with Crippen molar-refractivity contribution < 1.29 is 22.0 Å². The number of rotatable bonds is 8. The van der Waals surface area contributed by atoms with Crippen LogP contribution in [-0.4, -0.2) is 53.7 Å². The monoisotopic (exact) mass is 495 g/mol. The first-order valence-corrected chi connectivity index (χ1v) is 13.2. The number of benzene rings is 1. The summed E-state index contributed by atoms with van der Waals surface area (Å²) in [5.74, 6) is 2.20. The number of carbonyl (C=O) groups is 1. The fraction of sp³-hybridized carbons (Fsp3) is 0.381. The van der Waals surface area contributed by atoms with Gasteiger partial charge in [-0.05, 0) is 48.7 Å². The summed E-state index contributed by atoms with van der Waals surface area (Å²) in [6.45, 7) is 0.332. The maximum atomic E-state index is 12.5. The molecule has 1 amide bonds. The van der Waals surface area contributed by atoms with Crippen LogP contribution in [0.1, 0.15) is 18.1 Å². The summed E-state index contributed by atoms with van der Waals surface area (Å²) in [5.41, 5.74) is 0.910. The van der Waals surface area contributed by atoms with Crippen molar-refractivity contribution >= 4 is 39.1 Å². The predicted molar refractivity (Wildman–Crippen MR) is 121 cm³/mol. The smallest absolute Gasteiger partial charge is 0.277 e. The van der Waals surface area contributed by atoms with E-state index in [4.69, 9.17) is 20.4 Å². The minimum atomic E-state index is -2.94. The Bertz CT molecular complexity index is 1190. The van der Waals surface area contributed by atoms with Crippen LogP contribution < -0.4 is 0 Å². The lowest BCUT2D eigenvalue weighted by Gasteiger charge is -2.14. The topological polar surface area (TPSA) is 107 Å². The molecule has 1 aromatic carbocycles. The molecule has 2 aromatic heterocycles. The van der Waals surface area contributed by atoms with Gasteiger partial charge in [-0.1, -0.05) is 23.4 Å². The van der Waals surface area contributed by atoms with Gasteiger partial charge in [0.15, 0.2) is 9.84 Å². The van der Waals surface area contributed by atoms with Gasteiger partial charge in [-0.2, -0.15) is 0 Å². The Morgan fingerprint density at radius 2 is 1.97 bits per heavy atom. The van der Waals surface area contributed by atoms with Crippen LogP contribution >= 0.6 is 23.4 Å². The second-order valence-corrected chi connectivity index (χ2v) is 11.3. The summed E-state index contributed by atoms with van der Waals surface area (Å²) in [6, 6.07) is 11.0. The van der Waals surface area contributed by atoms with Gasteiger partial charge in [0.1, 0.15) is 11.5 Å². The van der Waals surface area contributed by atoms with Gasteiger partial charge in [-0.3, -0.25) is 4.79 Å². The Hall–Kier alpha value is -2.30. The molecule has 1 fully saturated rings. The molecule has 8 nitrogen and oxygen atoms in total. The highest BCUT2D eigenvalue weighted by Crippen LogP contribution is 2.26. The summed E-state index contributed by atoms with van der Waals surface area (Å²) in [4.78, 5) is 14.1.